The van der Waals surface area contributed by atoms with E-state index in [2.05, 4.69) is 4.90 Å². The van der Waals surface area contributed by atoms with Gasteiger partial charge < -0.3 is 18.9 Å². The van der Waals surface area contributed by atoms with Crippen molar-refractivity contribution in [3.63, 3.8) is 0 Å². The summed E-state index contributed by atoms with van der Waals surface area (Å²) in [6.07, 6.45) is 5.57. The number of hydrogen-bond acceptors (Lipinski definition) is 6. The van der Waals surface area contributed by atoms with Gasteiger partial charge in [-0.1, -0.05) is 12.5 Å². The van der Waals surface area contributed by atoms with Crippen LogP contribution in [0.1, 0.15) is 35.2 Å². The number of fused-ring (bicyclic) bond motifs is 1. The minimum Gasteiger partial charge on any atom is -0.493 e. The Labute approximate surface area is 189 Å². The van der Waals surface area contributed by atoms with Gasteiger partial charge in [0.15, 0.2) is 17.3 Å². The standard InChI is InChI=1S/C24H27NO5.ClH/c1-27-20-9-6-17(14-22(20)28-2)15-23-24(26)19-8-7-18(16-21(19)30-23)29-13-12-25-10-4-3-5-11-25;/h6-9,14-16H,3-5,10-13H2,1-2H3;1H/b23-15-;. The van der Waals surface area contributed by atoms with Crippen LogP contribution in [-0.2, 0) is 0 Å². The smallest absolute Gasteiger partial charge is 0.231 e. The van der Waals surface area contributed by atoms with E-state index in [1.165, 1.54) is 19.3 Å². The van der Waals surface area contributed by atoms with E-state index in [1.807, 2.05) is 12.1 Å². The molecular formula is C24H28ClNO5. The summed E-state index contributed by atoms with van der Waals surface area (Å²) in [6.45, 7) is 3.84. The van der Waals surface area contributed by atoms with Crippen molar-refractivity contribution in [2.45, 2.75) is 19.3 Å². The van der Waals surface area contributed by atoms with Crippen LogP contribution in [0.5, 0.6) is 23.0 Å². The quantitative estimate of drug-likeness (QED) is 0.580. The lowest BCUT2D eigenvalue weighted by Gasteiger charge is -2.26. The first kappa shape index (κ1) is 23.0. The highest BCUT2D eigenvalue weighted by Crippen LogP contribution is 2.36. The number of halogens is 1. The van der Waals surface area contributed by atoms with Gasteiger partial charge in [0.05, 0.1) is 19.8 Å². The molecule has 31 heavy (non-hydrogen) atoms. The van der Waals surface area contributed by atoms with Crippen LogP contribution in [0.2, 0.25) is 0 Å². The first-order valence-corrected chi connectivity index (χ1v) is 10.3. The van der Waals surface area contributed by atoms with Gasteiger partial charge in [-0.2, -0.15) is 0 Å². The van der Waals surface area contributed by atoms with Crippen LogP contribution in [0, 0.1) is 0 Å². The van der Waals surface area contributed by atoms with Crippen molar-refractivity contribution in [1.29, 1.82) is 0 Å². The zero-order chi connectivity index (χ0) is 20.9. The minimum atomic E-state index is -0.139. The van der Waals surface area contributed by atoms with E-state index in [0.29, 0.717) is 35.2 Å². The summed E-state index contributed by atoms with van der Waals surface area (Å²) in [4.78, 5) is 15.1. The van der Waals surface area contributed by atoms with E-state index in [1.54, 1.807) is 44.6 Å². The maximum Gasteiger partial charge on any atom is 0.231 e. The molecule has 0 amide bonds. The molecule has 0 unspecified atom stereocenters. The van der Waals surface area contributed by atoms with E-state index in [0.717, 1.165) is 25.2 Å². The number of allylic oxidation sites excluding steroid dienone is 1. The second-order valence-corrected chi connectivity index (χ2v) is 7.46. The molecular weight excluding hydrogens is 418 g/mol. The summed E-state index contributed by atoms with van der Waals surface area (Å²) in [6, 6.07) is 10.8. The van der Waals surface area contributed by atoms with Gasteiger partial charge in [0.25, 0.3) is 0 Å². The summed E-state index contributed by atoms with van der Waals surface area (Å²) >= 11 is 0. The van der Waals surface area contributed by atoms with E-state index < -0.39 is 0 Å². The maximum atomic E-state index is 12.7. The average Bonchev–Trinajstić information content (AvgIpc) is 3.09. The lowest BCUT2D eigenvalue weighted by atomic mass is 10.1. The van der Waals surface area contributed by atoms with Gasteiger partial charge in [-0.3, -0.25) is 9.69 Å². The molecule has 0 aliphatic carbocycles. The van der Waals surface area contributed by atoms with Crippen LogP contribution in [0.4, 0.5) is 0 Å². The lowest BCUT2D eigenvalue weighted by molar-refractivity contribution is 0.101. The Kier molecular flexibility index (Phi) is 7.82. The Morgan fingerprint density at radius 2 is 1.77 bits per heavy atom. The summed E-state index contributed by atoms with van der Waals surface area (Å²) in [5.74, 6) is 2.61. The molecule has 4 rings (SSSR count). The molecule has 0 saturated carbocycles. The van der Waals surface area contributed by atoms with Gasteiger partial charge in [-0.05, 0) is 61.8 Å². The Morgan fingerprint density at radius 3 is 2.52 bits per heavy atom. The first-order chi connectivity index (χ1) is 14.7. The second-order valence-electron chi connectivity index (χ2n) is 7.46. The van der Waals surface area contributed by atoms with Crippen LogP contribution >= 0.6 is 12.4 Å². The number of methoxy groups -OCH3 is 2. The Balaban J connectivity index is 0.00000272. The summed E-state index contributed by atoms with van der Waals surface area (Å²) in [5, 5.41) is 0. The van der Waals surface area contributed by atoms with Crippen LogP contribution in [0.3, 0.4) is 0 Å². The molecule has 0 radical (unpaired) electrons. The summed E-state index contributed by atoms with van der Waals surface area (Å²) in [5.41, 5.74) is 1.34. The third-order valence-corrected chi connectivity index (χ3v) is 5.47. The monoisotopic (exact) mass is 445 g/mol. The number of likely N-dealkylation sites (tertiary alicyclic amines) is 1. The molecule has 0 N–H and O–H groups in total. The van der Waals surface area contributed by atoms with Crippen LogP contribution in [0.25, 0.3) is 6.08 Å². The summed E-state index contributed by atoms with van der Waals surface area (Å²) < 4.78 is 22.3. The van der Waals surface area contributed by atoms with Crippen molar-refractivity contribution in [1.82, 2.24) is 4.90 Å². The highest BCUT2D eigenvalue weighted by Gasteiger charge is 2.28. The maximum absolute atomic E-state index is 12.7. The molecule has 0 bridgehead atoms. The Bertz CT molecular complexity index is 953. The predicted molar refractivity (Wildman–Crippen MR) is 122 cm³/mol. The van der Waals surface area contributed by atoms with E-state index in [-0.39, 0.29) is 23.9 Å². The first-order valence-electron chi connectivity index (χ1n) is 10.3. The molecule has 2 aromatic carbocycles. The molecule has 7 heteroatoms. The molecule has 166 valence electrons. The zero-order valence-corrected chi connectivity index (χ0v) is 18.7. The Morgan fingerprint density at radius 1 is 1.00 bits per heavy atom. The number of hydrogen-bond donors (Lipinski definition) is 0. The van der Waals surface area contributed by atoms with Gasteiger partial charge in [0, 0.05) is 12.6 Å². The third-order valence-electron chi connectivity index (χ3n) is 5.47. The van der Waals surface area contributed by atoms with Gasteiger partial charge in [-0.25, -0.2) is 0 Å². The average molecular weight is 446 g/mol. The number of ketones is 1. The van der Waals surface area contributed by atoms with Crippen molar-refractivity contribution in [3.05, 3.63) is 53.3 Å². The second kappa shape index (κ2) is 10.6. The molecule has 6 nitrogen and oxygen atoms in total. The number of nitrogens with zero attached hydrogens (tertiary/aromatic N) is 1. The third kappa shape index (κ3) is 5.32. The molecule has 1 fully saturated rings. The number of Topliss-reactive ketones (excluding diaryl/α,β-unsaturated/α-hetero) is 1. The van der Waals surface area contributed by atoms with Gasteiger partial charge in [0.1, 0.15) is 18.1 Å². The number of ether oxygens (including phenoxy) is 4. The lowest BCUT2D eigenvalue weighted by Crippen LogP contribution is -2.33. The largest absolute Gasteiger partial charge is 0.493 e. The topological polar surface area (TPSA) is 57.2 Å². The van der Waals surface area contributed by atoms with Crippen LogP contribution in [-0.4, -0.2) is 51.1 Å². The van der Waals surface area contributed by atoms with Gasteiger partial charge in [-0.15, -0.1) is 12.4 Å². The Hall–Kier alpha value is -2.70. The highest BCUT2D eigenvalue weighted by molar-refractivity contribution is 6.14. The predicted octanol–water partition coefficient (Wildman–Crippen LogP) is 4.61. The van der Waals surface area contributed by atoms with E-state index in [9.17, 15) is 4.79 Å². The molecule has 0 atom stereocenters. The zero-order valence-electron chi connectivity index (χ0n) is 17.9. The fraction of sp³-hybridized carbons (Fsp3) is 0.375. The molecule has 2 aromatic rings. The van der Waals surface area contributed by atoms with Crippen LogP contribution in [0.15, 0.2) is 42.2 Å². The molecule has 2 aliphatic heterocycles. The van der Waals surface area contributed by atoms with Gasteiger partial charge in [0.2, 0.25) is 5.78 Å². The SMILES string of the molecule is COc1ccc(/C=C2\Oc3cc(OCCN4CCCCC4)ccc3C2=O)cc1OC.Cl. The highest BCUT2D eigenvalue weighted by atomic mass is 35.5. The van der Waals surface area contributed by atoms with Crippen molar-refractivity contribution >= 4 is 24.3 Å². The van der Waals surface area contributed by atoms with Crippen molar-refractivity contribution in [3.8, 4) is 23.0 Å². The number of carbonyl (C=O) groups is 1. The summed E-state index contributed by atoms with van der Waals surface area (Å²) in [7, 11) is 3.16. The van der Waals surface area contributed by atoms with Crippen molar-refractivity contribution in [2.75, 3.05) is 40.5 Å². The molecule has 2 heterocycles. The molecule has 0 aromatic heterocycles. The molecule has 0 spiro atoms. The fourth-order valence-electron chi connectivity index (χ4n) is 3.83. The van der Waals surface area contributed by atoms with Crippen molar-refractivity contribution in [2.24, 2.45) is 0 Å². The number of piperidine rings is 1. The normalized spacial score (nSPS) is 17.0. The number of rotatable bonds is 7. The van der Waals surface area contributed by atoms with Gasteiger partial charge >= 0.3 is 0 Å². The fourth-order valence-corrected chi connectivity index (χ4v) is 3.83. The number of carbonyl (C=O) groups excluding carboxylic acids is 1. The van der Waals surface area contributed by atoms with E-state index >= 15 is 0 Å². The molecule has 1 saturated heterocycles. The molecule has 2 aliphatic rings. The minimum absolute atomic E-state index is 0. The number of benzene rings is 2. The van der Waals surface area contributed by atoms with Crippen molar-refractivity contribution < 1.29 is 23.7 Å². The van der Waals surface area contributed by atoms with Crippen LogP contribution < -0.4 is 18.9 Å². The van der Waals surface area contributed by atoms with E-state index in [4.69, 9.17) is 18.9 Å².